The topological polar surface area (TPSA) is 98.3 Å². The van der Waals surface area contributed by atoms with Crippen molar-refractivity contribution >= 4 is 35.3 Å². The van der Waals surface area contributed by atoms with Crippen LogP contribution in [0.25, 0.3) is 0 Å². The smallest absolute Gasteiger partial charge is 0.283 e. The van der Waals surface area contributed by atoms with E-state index in [9.17, 15) is 14.9 Å². The van der Waals surface area contributed by atoms with E-state index in [4.69, 9.17) is 5.73 Å². The van der Waals surface area contributed by atoms with Gasteiger partial charge in [0.05, 0.1) is 14.7 Å². The van der Waals surface area contributed by atoms with Crippen molar-refractivity contribution in [3.63, 3.8) is 0 Å². The summed E-state index contributed by atoms with van der Waals surface area (Å²) in [6.07, 6.45) is 5.35. The minimum Gasteiger partial charge on any atom is -0.348 e. The largest absolute Gasteiger partial charge is 0.348 e. The van der Waals surface area contributed by atoms with Gasteiger partial charge in [0.2, 0.25) is 0 Å². The molecule has 23 heavy (non-hydrogen) atoms. The third-order valence-electron chi connectivity index (χ3n) is 4.99. The number of fused-ring (bicyclic) bond motifs is 2. The Labute approximate surface area is 145 Å². The zero-order valence-electron chi connectivity index (χ0n) is 13.0. The number of hydrogen-bond acceptors (Lipinski definition) is 5. The fourth-order valence-electron chi connectivity index (χ4n) is 4.01. The number of aryl methyl sites for hydroxylation is 1. The lowest BCUT2D eigenvalue weighted by molar-refractivity contribution is -0.385. The summed E-state index contributed by atoms with van der Waals surface area (Å²) in [5.74, 6) is 0.712. The third kappa shape index (κ3) is 3.67. The Balaban J connectivity index is 0.00000192. The molecule has 0 radical (unpaired) electrons. The normalized spacial score (nSPS) is 29.5. The average Bonchev–Trinajstić information content (AvgIpc) is 2.82. The molecule has 1 aromatic rings. The van der Waals surface area contributed by atoms with Gasteiger partial charge in [-0.1, -0.05) is 6.42 Å². The van der Waals surface area contributed by atoms with Crippen LogP contribution < -0.4 is 11.1 Å². The lowest BCUT2D eigenvalue weighted by Gasteiger charge is -2.45. The molecular weight excluding hydrogens is 338 g/mol. The number of rotatable bonds is 3. The van der Waals surface area contributed by atoms with Crippen molar-refractivity contribution in [1.29, 1.82) is 0 Å². The fourth-order valence-corrected chi connectivity index (χ4v) is 4.90. The molecule has 2 unspecified atom stereocenters. The highest BCUT2D eigenvalue weighted by Gasteiger charge is 2.40. The standard InChI is InChI=1S/C15H21N3O3S.ClH/c1-8-12(18(20)21)7-13(22-8)15(19)17-14-9-3-2-4-10(14)6-11(16)5-9;/h7,9-11,14H,2-6,16H2,1H3,(H,17,19);1H. The van der Waals surface area contributed by atoms with E-state index in [0.717, 1.165) is 25.7 Å². The second-order valence-corrected chi connectivity index (χ2v) is 7.75. The summed E-state index contributed by atoms with van der Waals surface area (Å²) < 4.78 is 0. The summed E-state index contributed by atoms with van der Waals surface area (Å²) in [7, 11) is 0. The van der Waals surface area contributed by atoms with Crippen LogP contribution in [0.3, 0.4) is 0 Å². The quantitative estimate of drug-likeness (QED) is 0.640. The minimum absolute atomic E-state index is 0. The first-order chi connectivity index (χ1) is 10.5. The van der Waals surface area contributed by atoms with Crippen molar-refractivity contribution in [2.24, 2.45) is 17.6 Å². The maximum absolute atomic E-state index is 12.5. The Morgan fingerprint density at radius 2 is 2.00 bits per heavy atom. The lowest BCUT2D eigenvalue weighted by atomic mass is 9.67. The number of halogens is 1. The van der Waals surface area contributed by atoms with Crippen LogP contribution in [-0.2, 0) is 0 Å². The molecule has 2 saturated carbocycles. The van der Waals surface area contributed by atoms with Gasteiger partial charge in [-0.3, -0.25) is 14.9 Å². The summed E-state index contributed by atoms with van der Waals surface area (Å²) in [6.45, 7) is 1.67. The molecule has 1 heterocycles. The number of amides is 1. The van der Waals surface area contributed by atoms with Crippen molar-refractivity contribution in [2.75, 3.05) is 0 Å². The molecule has 2 aliphatic rings. The van der Waals surface area contributed by atoms with Crippen molar-refractivity contribution in [2.45, 2.75) is 51.1 Å². The summed E-state index contributed by atoms with van der Waals surface area (Å²) in [4.78, 5) is 23.9. The van der Waals surface area contributed by atoms with E-state index in [1.165, 1.54) is 23.8 Å². The maximum Gasteiger partial charge on any atom is 0.283 e. The molecule has 1 amide bonds. The van der Waals surface area contributed by atoms with Gasteiger partial charge in [0.1, 0.15) is 0 Å². The van der Waals surface area contributed by atoms with Crippen LogP contribution in [0.1, 0.15) is 46.7 Å². The van der Waals surface area contributed by atoms with Gasteiger partial charge in [0.25, 0.3) is 11.6 Å². The number of nitrogens with zero attached hydrogens (tertiary/aromatic N) is 1. The zero-order chi connectivity index (χ0) is 15.9. The average molecular weight is 360 g/mol. The van der Waals surface area contributed by atoms with Crippen LogP contribution >= 0.6 is 23.7 Å². The van der Waals surface area contributed by atoms with E-state index >= 15 is 0 Å². The number of nitro groups is 1. The fraction of sp³-hybridized carbons (Fsp3) is 0.667. The van der Waals surface area contributed by atoms with Crippen molar-refractivity contribution < 1.29 is 9.72 Å². The number of nitrogens with two attached hydrogens (primary N) is 1. The second kappa shape index (κ2) is 7.15. The predicted octanol–water partition coefficient (Wildman–Crippen LogP) is 3.02. The molecule has 0 spiro atoms. The van der Waals surface area contributed by atoms with Gasteiger partial charge in [-0.2, -0.15) is 0 Å². The molecule has 8 heteroatoms. The number of hydrogen-bond donors (Lipinski definition) is 2. The molecule has 128 valence electrons. The molecule has 2 atom stereocenters. The van der Waals surface area contributed by atoms with E-state index in [1.54, 1.807) is 6.92 Å². The first-order valence-corrected chi connectivity index (χ1v) is 8.58. The monoisotopic (exact) mass is 359 g/mol. The Bertz CT molecular complexity index is 593. The Hall–Kier alpha value is -1.18. The minimum atomic E-state index is -0.434. The Morgan fingerprint density at radius 3 is 2.52 bits per heavy atom. The summed E-state index contributed by atoms with van der Waals surface area (Å²) in [6, 6.07) is 1.80. The highest BCUT2D eigenvalue weighted by atomic mass is 35.5. The molecule has 1 aromatic heterocycles. The Morgan fingerprint density at radius 1 is 1.39 bits per heavy atom. The van der Waals surface area contributed by atoms with Crippen LogP contribution in [0, 0.1) is 28.9 Å². The van der Waals surface area contributed by atoms with Gasteiger partial charge in [-0.15, -0.1) is 23.7 Å². The van der Waals surface area contributed by atoms with E-state index in [1.807, 2.05) is 0 Å². The second-order valence-electron chi connectivity index (χ2n) is 6.49. The van der Waals surface area contributed by atoms with Crippen molar-refractivity contribution in [3.05, 3.63) is 25.9 Å². The molecule has 6 nitrogen and oxygen atoms in total. The maximum atomic E-state index is 12.5. The first kappa shape index (κ1) is 18.2. The summed E-state index contributed by atoms with van der Waals surface area (Å²) >= 11 is 1.19. The van der Waals surface area contributed by atoms with Gasteiger partial charge < -0.3 is 11.1 Å². The van der Waals surface area contributed by atoms with Gasteiger partial charge in [-0.25, -0.2) is 0 Å². The van der Waals surface area contributed by atoms with Gasteiger partial charge in [0, 0.05) is 18.2 Å². The molecular formula is C15H22ClN3O3S. The number of nitrogens with one attached hydrogen (secondary N) is 1. The van der Waals surface area contributed by atoms with E-state index in [0.29, 0.717) is 21.6 Å². The third-order valence-corrected chi connectivity index (χ3v) is 6.02. The molecule has 0 aliphatic heterocycles. The van der Waals surface area contributed by atoms with Crippen molar-refractivity contribution in [3.8, 4) is 0 Å². The van der Waals surface area contributed by atoms with Crippen LogP contribution in [0.15, 0.2) is 6.07 Å². The van der Waals surface area contributed by atoms with Gasteiger partial charge >= 0.3 is 0 Å². The van der Waals surface area contributed by atoms with Crippen LogP contribution in [0.2, 0.25) is 0 Å². The molecule has 3 rings (SSSR count). The van der Waals surface area contributed by atoms with Crippen LogP contribution in [0.5, 0.6) is 0 Å². The van der Waals surface area contributed by atoms with Crippen LogP contribution in [-0.4, -0.2) is 22.9 Å². The van der Waals surface area contributed by atoms with Gasteiger partial charge in [-0.05, 0) is 44.4 Å². The lowest BCUT2D eigenvalue weighted by Crippen LogP contribution is -2.53. The molecule has 2 fully saturated rings. The number of thiophene rings is 1. The van der Waals surface area contributed by atoms with Crippen LogP contribution in [0.4, 0.5) is 5.69 Å². The predicted molar refractivity (Wildman–Crippen MR) is 92.3 cm³/mol. The van der Waals surface area contributed by atoms with E-state index < -0.39 is 4.92 Å². The van der Waals surface area contributed by atoms with Crippen molar-refractivity contribution in [1.82, 2.24) is 5.32 Å². The summed E-state index contributed by atoms with van der Waals surface area (Å²) in [5.41, 5.74) is 6.13. The first-order valence-electron chi connectivity index (χ1n) is 7.77. The zero-order valence-corrected chi connectivity index (χ0v) is 14.6. The molecule has 2 bridgehead atoms. The van der Waals surface area contributed by atoms with E-state index in [-0.39, 0.29) is 36.1 Å². The van der Waals surface area contributed by atoms with Gasteiger partial charge in [0.15, 0.2) is 0 Å². The van der Waals surface area contributed by atoms with E-state index in [2.05, 4.69) is 5.32 Å². The highest BCUT2D eigenvalue weighted by molar-refractivity contribution is 7.14. The molecule has 0 aromatic carbocycles. The number of carbonyl (C=O) groups excluding carboxylic acids is 1. The molecule has 2 aliphatic carbocycles. The summed E-state index contributed by atoms with van der Waals surface area (Å²) in [5, 5.41) is 14.0. The molecule has 3 N–H and O–H groups in total. The highest BCUT2D eigenvalue weighted by Crippen LogP contribution is 2.40. The SMILES string of the molecule is Cc1sc(C(=O)NC2C3CCCC2CC(N)C3)cc1[N+](=O)[O-].Cl. The Kier molecular flexibility index (Phi) is 5.65. The molecule has 0 saturated heterocycles. The number of carbonyl (C=O) groups is 1.